The molecule has 9 nitrogen and oxygen atoms in total. The molecule has 44 heavy (non-hydrogen) atoms. The monoisotopic (exact) mass is 643 g/mol. The fourth-order valence-electron chi connectivity index (χ4n) is 10.7. The number of hydrogen-bond acceptors (Lipinski definition) is 8. The molecular weight excluding hydrogens is 578 g/mol. The van der Waals surface area contributed by atoms with E-state index in [2.05, 4.69) is 31.4 Å². The first kappa shape index (κ1) is 36.5. The highest BCUT2D eigenvalue weighted by molar-refractivity contribution is 7.80. The van der Waals surface area contributed by atoms with Crippen molar-refractivity contribution < 1.29 is 27.4 Å². The maximum atomic E-state index is 11.9. The van der Waals surface area contributed by atoms with Crippen LogP contribution in [0.3, 0.4) is 0 Å². The van der Waals surface area contributed by atoms with Crippen molar-refractivity contribution in [2.24, 2.45) is 58.0 Å². The van der Waals surface area contributed by atoms with Crippen molar-refractivity contribution in [1.82, 2.24) is 10.6 Å². The van der Waals surface area contributed by atoms with Crippen LogP contribution in [-0.2, 0) is 14.6 Å². The van der Waals surface area contributed by atoms with Crippen molar-refractivity contribution in [3.8, 4) is 0 Å². The quantitative estimate of drug-likeness (QED) is 0.105. The second-order valence-electron chi connectivity index (χ2n) is 16.0. The number of aliphatic hydroxyl groups excluding tert-OH is 2. The summed E-state index contributed by atoms with van der Waals surface area (Å²) in [6.07, 6.45) is 10.5. The summed E-state index contributed by atoms with van der Waals surface area (Å²) in [5.41, 5.74) is 5.46. The summed E-state index contributed by atoms with van der Waals surface area (Å²) < 4.78 is 37.1. The first-order valence-electron chi connectivity index (χ1n) is 17.9. The van der Waals surface area contributed by atoms with Gasteiger partial charge in [0, 0.05) is 6.04 Å². The van der Waals surface area contributed by atoms with Gasteiger partial charge in [-0.05, 0) is 155 Å². The van der Waals surface area contributed by atoms with Gasteiger partial charge in [0.1, 0.15) is 0 Å². The Bertz CT molecular complexity index is 1010. The zero-order chi connectivity index (χ0) is 32.3. The van der Waals surface area contributed by atoms with Crippen LogP contribution in [0, 0.1) is 52.3 Å². The van der Waals surface area contributed by atoms with Gasteiger partial charge in [-0.15, -0.1) is 0 Å². The minimum atomic E-state index is -4.50. The van der Waals surface area contributed by atoms with Gasteiger partial charge in [0.2, 0.25) is 0 Å². The zero-order valence-corrected chi connectivity index (χ0v) is 29.0. The number of hydrogen-bond donors (Lipinski definition) is 6. The molecule has 10 heteroatoms. The van der Waals surface area contributed by atoms with Gasteiger partial charge in [-0.1, -0.05) is 34.6 Å². The Morgan fingerprint density at radius 1 is 0.932 bits per heavy atom. The summed E-state index contributed by atoms with van der Waals surface area (Å²) in [7, 11) is -4.50. The van der Waals surface area contributed by atoms with Crippen molar-refractivity contribution in [2.75, 3.05) is 26.2 Å². The summed E-state index contributed by atoms with van der Waals surface area (Å²) in [5, 5.41) is 31.1. The Hall–Kier alpha value is -0.330. The smallest absolute Gasteiger partial charge is 0.393 e. The molecule has 0 aromatic heterocycles. The van der Waals surface area contributed by atoms with Crippen LogP contribution < -0.4 is 16.4 Å². The lowest BCUT2D eigenvalue weighted by atomic mass is 9.43. The van der Waals surface area contributed by atoms with Crippen LogP contribution in [-0.4, -0.2) is 73.7 Å². The predicted octanol–water partition coefficient (Wildman–Crippen LogP) is 4.52. The number of nitrogens with one attached hydrogen (secondary N) is 2. The summed E-state index contributed by atoms with van der Waals surface area (Å²) in [4.78, 5) is 0. The molecule has 7 N–H and O–H groups in total. The van der Waals surface area contributed by atoms with Crippen molar-refractivity contribution in [3.05, 3.63) is 0 Å². The minimum absolute atomic E-state index is 0.0398. The van der Waals surface area contributed by atoms with E-state index in [1.807, 2.05) is 13.8 Å². The van der Waals surface area contributed by atoms with E-state index in [0.717, 1.165) is 96.8 Å². The van der Waals surface area contributed by atoms with E-state index >= 15 is 0 Å². The van der Waals surface area contributed by atoms with Crippen LogP contribution in [0.5, 0.6) is 0 Å². The third kappa shape index (κ3) is 8.03. The summed E-state index contributed by atoms with van der Waals surface area (Å²) in [5.74, 6) is 1.86. The Labute approximate surface area is 268 Å². The molecule has 4 aliphatic rings. The number of aliphatic hydroxyl groups is 2. The lowest BCUT2D eigenvalue weighted by Gasteiger charge is -2.64. The molecule has 0 aliphatic heterocycles. The molecule has 0 spiro atoms. The molecule has 0 aromatic rings. The molecule has 4 aliphatic carbocycles. The Morgan fingerprint density at radius 2 is 1.66 bits per heavy atom. The first-order valence-corrected chi connectivity index (χ1v) is 19.2. The summed E-state index contributed by atoms with van der Waals surface area (Å²) >= 11 is 0. The molecule has 4 saturated carbocycles. The van der Waals surface area contributed by atoms with Gasteiger partial charge in [-0.2, -0.15) is 8.42 Å². The topological polar surface area (TPSA) is 154 Å². The lowest BCUT2D eigenvalue weighted by Crippen LogP contribution is -2.62. The SMILES string of the molecule is CC(C)[C@@H](CC[C@@H](C)[C@H]1CC[C@H]2[C@@H]3[C@H](O)C[C@H]4C[C@@H](NCCCNCCCCN)CC[C@]4(C)[C@H]3CC(O)[C@]12C)OS(=O)(=O)O. The van der Waals surface area contributed by atoms with Gasteiger partial charge in [0.05, 0.1) is 18.3 Å². The highest BCUT2D eigenvalue weighted by Gasteiger charge is 2.65. The third-order valence-corrected chi connectivity index (χ3v) is 13.7. The van der Waals surface area contributed by atoms with Gasteiger partial charge in [-0.3, -0.25) is 4.55 Å². The largest absolute Gasteiger partial charge is 0.397 e. The Morgan fingerprint density at radius 3 is 2.34 bits per heavy atom. The second-order valence-corrected chi connectivity index (χ2v) is 17.0. The maximum Gasteiger partial charge on any atom is 0.397 e. The second kappa shape index (κ2) is 15.3. The third-order valence-electron chi connectivity index (χ3n) is 13.2. The maximum absolute atomic E-state index is 11.9. The fourth-order valence-corrected chi connectivity index (χ4v) is 11.3. The molecule has 0 bridgehead atoms. The number of rotatable bonds is 16. The van der Waals surface area contributed by atoms with Crippen molar-refractivity contribution >= 4 is 10.4 Å². The summed E-state index contributed by atoms with van der Waals surface area (Å²) in [6, 6.07) is 0.504. The molecule has 0 radical (unpaired) electrons. The molecule has 0 saturated heterocycles. The van der Waals surface area contributed by atoms with E-state index < -0.39 is 22.6 Å². The average molecular weight is 644 g/mol. The van der Waals surface area contributed by atoms with Crippen molar-refractivity contribution in [1.29, 1.82) is 0 Å². The molecule has 12 atom stereocenters. The van der Waals surface area contributed by atoms with E-state index in [1.54, 1.807) is 0 Å². The molecule has 0 aromatic carbocycles. The number of nitrogens with two attached hydrogens (primary N) is 1. The van der Waals surface area contributed by atoms with Gasteiger partial charge in [0.25, 0.3) is 0 Å². The van der Waals surface area contributed by atoms with Crippen LogP contribution in [0.1, 0.15) is 112 Å². The van der Waals surface area contributed by atoms with E-state index in [0.29, 0.717) is 36.1 Å². The number of unbranched alkanes of at least 4 members (excludes halogenated alkanes) is 1. The van der Waals surface area contributed by atoms with Crippen LogP contribution in [0.25, 0.3) is 0 Å². The Balaban J connectivity index is 1.35. The van der Waals surface area contributed by atoms with E-state index in [9.17, 15) is 23.2 Å². The van der Waals surface area contributed by atoms with Crippen molar-refractivity contribution in [3.63, 3.8) is 0 Å². The highest BCUT2D eigenvalue weighted by atomic mass is 32.3. The van der Waals surface area contributed by atoms with E-state index in [1.165, 1.54) is 0 Å². The van der Waals surface area contributed by atoms with Gasteiger partial charge < -0.3 is 26.6 Å². The van der Waals surface area contributed by atoms with Crippen molar-refractivity contribution in [2.45, 2.75) is 136 Å². The zero-order valence-electron chi connectivity index (χ0n) is 28.2. The molecule has 1 unspecified atom stereocenters. The summed E-state index contributed by atoms with van der Waals surface area (Å²) in [6.45, 7) is 14.6. The molecule has 0 heterocycles. The van der Waals surface area contributed by atoms with Gasteiger partial charge in [0.15, 0.2) is 0 Å². The first-order chi connectivity index (χ1) is 20.7. The normalized spacial score (nSPS) is 40.3. The van der Waals surface area contributed by atoms with Crippen LogP contribution in [0.2, 0.25) is 0 Å². The molecule has 0 amide bonds. The van der Waals surface area contributed by atoms with Gasteiger partial charge in [-0.25, -0.2) is 4.18 Å². The van der Waals surface area contributed by atoms with Crippen LogP contribution in [0.4, 0.5) is 0 Å². The Kier molecular flexibility index (Phi) is 12.7. The highest BCUT2D eigenvalue weighted by Crippen LogP contribution is 2.68. The van der Waals surface area contributed by atoms with E-state index in [4.69, 9.17) is 9.92 Å². The van der Waals surface area contributed by atoms with Gasteiger partial charge >= 0.3 is 10.4 Å². The minimum Gasteiger partial charge on any atom is -0.393 e. The number of fused-ring (bicyclic) bond motifs is 5. The van der Waals surface area contributed by atoms with E-state index in [-0.39, 0.29) is 34.7 Å². The average Bonchev–Trinajstić information content (AvgIpc) is 3.31. The standard InChI is InChI=1S/C34H65N3O6S/c1-22(2)30(43-44(40,41)42)12-9-23(3)26-10-11-27-32-28(21-31(39)34(26,27)5)33(4)14-13-25(19-24(33)20-29(32)38)37-18-8-17-36-16-7-6-15-35/h22-32,36-39H,6-21,35H2,1-5H3,(H,40,41,42)/t23-,24-,25+,26-,27+,28+,29-,30-,31?,32+,33+,34-/m1/s1. The molecule has 4 fully saturated rings. The fraction of sp³-hybridized carbons (Fsp3) is 1.00. The van der Waals surface area contributed by atoms with Crippen LogP contribution >= 0.6 is 0 Å². The molecule has 4 rings (SSSR count). The van der Waals surface area contributed by atoms with Crippen LogP contribution in [0.15, 0.2) is 0 Å². The predicted molar refractivity (Wildman–Crippen MR) is 175 cm³/mol. The molecular formula is C34H65N3O6S. The molecule has 258 valence electrons. The lowest BCUT2D eigenvalue weighted by molar-refractivity contribution is -0.202.